The van der Waals surface area contributed by atoms with Crippen molar-refractivity contribution in [2.45, 2.75) is 30.3 Å². The van der Waals surface area contributed by atoms with E-state index in [1.54, 1.807) is 24.3 Å². The van der Waals surface area contributed by atoms with Gasteiger partial charge in [-0.15, -0.1) is 0 Å². The number of amides is 2. The minimum atomic E-state index is -0.674. The lowest BCUT2D eigenvalue weighted by Gasteiger charge is -2.32. The van der Waals surface area contributed by atoms with Crippen molar-refractivity contribution >= 4 is 29.3 Å². The minimum absolute atomic E-state index is 0.0136. The summed E-state index contributed by atoms with van der Waals surface area (Å²) in [4.78, 5) is 27.4. The molecule has 28 heavy (non-hydrogen) atoms. The van der Waals surface area contributed by atoms with Gasteiger partial charge in [0.25, 0.3) is 0 Å². The van der Waals surface area contributed by atoms with Crippen LogP contribution < -0.4 is 10.6 Å². The van der Waals surface area contributed by atoms with Crippen LogP contribution in [0.4, 0.5) is 5.69 Å². The molecule has 0 spiro atoms. The zero-order chi connectivity index (χ0) is 19.8. The third kappa shape index (κ3) is 5.84. The number of nitriles is 1. The summed E-state index contributed by atoms with van der Waals surface area (Å²) < 4.78 is 0. The summed E-state index contributed by atoms with van der Waals surface area (Å²) in [5, 5.41) is 16.0. The molecule has 2 aromatic carbocycles. The highest BCUT2D eigenvalue weighted by Gasteiger charge is 2.23. The Kier molecular flexibility index (Phi) is 7.06. The van der Waals surface area contributed by atoms with E-state index in [1.165, 1.54) is 5.56 Å². The molecule has 7 heteroatoms. The van der Waals surface area contributed by atoms with Crippen molar-refractivity contribution in [3.05, 3.63) is 60.2 Å². The number of thiocyanates is 1. The zero-order valence-electron chi connectivity index (χ0n) is 15.4. The maximum atomic E-state index is 12.2. The molecule has 2 amide bonds. The number of nitrogens with one attached hydrogen (secondary N) is 2. The molecule has 0 unspecified atom stereocenters. The summed E-state index contributed by atoms with van der Waals surface area (Å²) in [6.45, 7) is 2.68. The zero-order valence-corrected chi connectivity index (χ0v) is 16.2. The molecular formula is C21H22N4O2S. The predicted molar refractivity (Wildman–Crippen MR) is 109 cm³/mol. The van der Waals surface area contributed by atoms with Crippen molar-refractivity contribution in [3.63, 3.8) is 0 Å². The lowest BCUT2D eigenvalue weighted by molar-refractivity contribution is -0.136. The first-order chi connectivity index (χ1) is 13.6. The molecule has 0 atom stereocenters. The van der Waals surface area contributed by atoms with E-state index in [2.05, 4.69) is 27.7 Å². The first-order valence-electron chi connectivity index (χ1n) is 9.18. The summed E-state index contributed by atoms with van der Waals surface area (Å²) in [5.74, 6) is -1.29. The van der Waals surface area contributed by atoms with E-state index in [9.17, 15) is 9.59 Å². The van der Waals surface area contributed by atoms with Crippen LogP contribution in [0.2, 0.25) is 0 Å². The van der Waals surface area contributed by atoms with E-state index in [1.807, 2.05) is 23.6 Å². The van der Waals surface area contributed by atoms with E-state index in [4.69, 9.17) is 5.26 Å². The highest BCUT2D eigenvalue weighted by molar-refractivity contribution is 8.03. The second-order valence-corrected chi connectivity index (χ2v) is 7.54. The molecule has 1 saturated heterocycles. The van der Waals surface area contributed by atoms with Crippen molar-refractivity contribution in [2.24, 2.45) is 0 Å². The van der Waals surface area contributed by atoms with Gasteiger partial charge in [-0.1, -0.05) is 30.3 Å². The van der Waals surface area contributed by atoms with Crippen LogP contribution in [-0.2, 0) is 16.1 Å². The Labute approximate surface area is 168 Å². The number of nitrogens with zero attached hydrogens (tertiary/aromatic N) is 2. The lowest BCUT2D eigenvalue weighted by atomic mass is 10.0. The highest BCUT2D eigenvalue weighted by atomic mass is 32.2. The van der Waals surface area contributed by atoms with E-state index < -0.39 is 11.8 Å². The van der Waals surface area contributed by atoms with E-state index in [0.717, 1.165) is 49.1 Å². The fourth-order valence-corrected chi connectivity index (χ4v) is 3.55. The number of piperidine rings is 1. The summed E-state index contributed by atoms with van der Waals surface area (Å²) in [6, 6.07) is 17.1. The molecule has 0 aromatic heterocycles. The normalized spacial score (nSPS) is 14.8. The molecule has 6 nitrogen and oxygen atoms in total. The van der Waals surface area contributed by atoms with E-state index >= 15 is 0 Å². The molecular weight excluding hydrogens is 372 g/mol. The van der Waals surface area contributed by atoms with Gasteiger partial charge in [0, 0.05) is 36.3 Å². The maximum absolute atomic E-state index is 12.2. The quantitative estimate of drug-likeness (QED) is 0.463. The summed E-state index contributed by atoms with van der Waals surface area (Å²) in [5.41, 5.74) is 1.81. The SMILES string of the molecule is N#CSc1ccc(NC(=O)C(=O)NC2CCN(Cc3ccccc3)CC2)cc1. The van der Waals surface area contributed by atoms with Gasteiger partial charge in [-0.3, -0.25) is 14.5 Å². The maximum Gasteiger partial charge on any atom is 0.313 e. The minimum Gasteiger partial charge on any atom is -0.345 e. The largest absolute Gasteiger partial charge is 0.345 e. The summed E-state index contributed by atoms with van der Waals surface area (Å²) in [6.07, 6.45) is 1.65. The van der Waals surface area contributed by atoms with Gasteiger partial charge in [-0.2, -0.15) is 5.26 Å². The van der Waals surface area contributed by atoms with Gasteiger partial charge in [-0.05, 0) is 54.4 Å². The Bertz CT molecular complexity index is 841. The van der Waals surface area contributed by atoms with Gasteiger partial charge in [0.1, 0.15) is 5.40 Å². The van der Waals surface area contributed by atoms with Crippen LogP contribution >= 0.6 is 11.8 Å². The average Bonchev–Trinajstić information content (AvgIpc) is 2.72. The van der Waals surface area contributed by atoms with Crippen LogP contribution in [0.1, 0.15) is 18.4 Å². The predicted octanol–water partition coefficient (Wildman–Crippen LogP) is 2.98. The number of thioether (sulfide) groups is 1. The Morgan fingerprint density at radius 1 is 1.04 bits per heavy atom. The fourth-order valence-electron chi connectivity index (χ4n) is 3.17. The summed E-state index contributed by atoms with van der Waals surface area (Å²) >= 11 is 1.04. The number of rotatable bonds is 5. The number of carbonyl (C=O) groups excluding carboxylic acids is 2. The first kappa shape index (κ1) is 19.9. The van der Waals surface area contributed by atoms with Crippen molar-refractivity contribution in [2.75, 3.05) is 18.4 Å². The second kappa shape index (κ2) is 9.93. The van der Waals surface area contributed by atoms with Crippen LogP contribution in [0, 0.1) is 10.7 Å². The van der Waals surface area contributed by atoms with Crippen molar-refractivity contribution in [1.29, 1.82) is 5.26 Å². The van der Waals surface area contributed by atoms with Gasteiger partial charge in [0.15, 0.2) is 0 Å². The molecule has 2 N–H and O–H groups in total. The molecule has 0 bridgehead atoms. The highest BCUT2D eigenvalue weighted by Crippen LogP contribution is 2.19. The smallest absolute Gasteiger partial charge is 0.313 e. The topological polar surface area (TPSA) is 85.2 Å². The van der Waals surface area contributed by atoms with Crippen LogP contribution in [0.3, 0.4) is 0 Å². The van der Waals surface area contributed by atoms with Crippen LogP contribution in [0.25, 0.3) is 0 Å². The van der Waals surface area contributed by atoms with E-state index in [0.29, 0.717) is 5.69 Å². The first-order valence-corrected chi connectivity index (χ1v) is 10.00. The molecule has 1 heterocycles. The third-order valence-corrected chi connectivity index (χ3v) is 5.25. The third-order valence-electron chi connectivity index (χ3n) is 4.65. The average molecular weight is 395 g/mol. The van der Waals surface area contributed by atoms with Crippen LogP contribution in [0.15, 0.2) is 59.5 Å². The van der Waals surface area contributed by atoms with Crippen molar-refractivity contribution < 1.29 is 9.59 Å². The Hall–Kier alpha value is -2.82. The molecule has 2 aromatic rings. The number of hydrogen-bond donors (Lipinski definition) is 2. The standard InChI is InChI=1S/C21H22N4O2S/c22-15-28-19-8-6-17(7-9-19)23-20(26)21(27)24-18-10-12-25(13-11-18)14-16-4-2-1-3-5-16/h1-9,18H,10-14H2,(H,23,26)(H,24,27). The number of carbonyl (C=O) groups is 2. The van der Waals surface area contributed by atoms with E-state index in [-0.39, 0.29) is 6.04 Å². The second-order valence-electron chi connectivity index (χ2n) is 6.68. The Morgan fingerprint density at radius 3 is 2.36 bits per heavy atom. The lowest BCUT2D eigenvalue weighted by Crippen LogP contribution is -2.47. The van der Waals surface area contributed by atoms with Crippen LogP contribution in [0.5, 0.6) is 0 Å². The van der Waals surface area contributed by atoms with Crippen molar-refractivity contribution in [1.82, 2.24) is 10.2 Å². The summed E-state index contributed by atoms with van der Waals surface area (Å²) in [7, 11) is 0. The van der Waals surface area contributed by atoms with Gasteiger partial charge in [0.05, 0.1) is 0 Å². The molecule has 0 aliphatic carbocycles. The Balaban J connectivity index is 1.42. The fraction of sp³-hybridized carbons (Fsp3) is 0.286. The number of benzene rings is 2. The number of hydrogen-bond acceptors (Lipinski definition) is 5. The van der Waals surface area contributed by atoms with Crippen molar-refractivity contribution in [3.8, 4) is 5.40 Å². The van der Waals surface area contributed by atoms with Gasteiger partial charge in [-0.25, -0.2) is 0 Å². The van der Waals surface area contributed by atoms with Gasteiger partial charge >= 0.3 is 11.8 Å². The molecule has 1 aliphatic rings. The number of likely N-dealkylation sites (tertiary alicyclic amines) is 1. The van der Waals surface area contributed by atoms with Crippen LogP contribution in [-0.4, -0.2) is 35.8 Å². The molecule has 1 aliphatic heterocycles. The number of anilines is 1. The molecule has 0 radical (unpaired) electrons. The molecule has 0 saturated carbocycles. The monoisotopic (exact) mass is 394 g/mol. The van der Waals surface area contributed by atoms with Gasteiger partial charge in [0.2, 0.25) is 0 Å². The molecule has 3 rings (SSSR count). The Morgan fingerprint density at radius 2 is 1.71 bits per heavy atom. The molecule has 1 fully saturated rings. The van der Waals surface area contributed by atoms with Gasteiger partial charge < -0.3 is 10.6 Å². The molecule has 144 valence electrons.